The van der Waals surface area contributed by atoms with Gasteiger partial charge < -0.3 is 24.8 Å². The minimum absolute atomic E-state index is 0.0724. The predicted octanol–water partition coefficient (Wildman–Crippen LogP) is 4.32. The van der Waals surface area contributed by atoms with Crippen LogP contribution in [0.5, 0.6) is 11.5 Å². The molecule has 2 amide bonds. The predicted molar refractivity (Wildman–Crippen MR) is 137 cm³/mol. The maximum absolute atomic E-state index is 12.0. The largest absolute Gasteiger partial charge is 0.508 e. The Morgan fingerprint density at radius 1 is 1.14 bits per heavy atom. The first kappa shape index (κ1) is 32.4. The number of ether oxygens (including phenoxy) is 2. The number of hydrogen-bond donors (Lipinski definition) is 2. The Labute approximate surface area is 213 Å². The summed E-state index contributed by atoms with van der Waals surface area (Å²) < 4.78 is 22.0. The highest BCUT2D eigenvalue weighted by atomic mass is 19.1. The number of carbonyl (C=O) groups excluding carboxylic acids is 3. The molecule has 0 radical (unpaired) electrons. The zero-order chi connectivity index (χ0) is 27.2. The van der Waals surface area contributed by atoms with E-state index in [2.05, 4.69) is 17.0 Å². The summed E-state index contributed by atoms with van der Waals surface area (Å²) >= 11 is 0. The molecule has 1 unspecified atom stereocenters. The third kappa shape index (κ3) is 13.9. The lowest BCUT2D eigenvalue weighted by molar-refractivity contribution is -0.150. The van der Waals surface area contributed by atoms with E-state index in [-0.39, 0.29) is 24.0 Å². The van der Waals surface area contributed by atoms with E-state index in [4.69, 9.17) is 9.84 Å². The van der Waals surface area contributed by atoms with Gasteiger partial charge in [0.1, 0.15) is 23.4 Å². The fraction of sp³-hybridized carbons (Fsp3) is 0.444. The molecule has 200 valence electrons. The molecule has 0 spiro atoms. The third-order valence-corrected chi connectivity index (χ3v) is 4.72. The topological polar surface area (TPSA) is 105 Å². The fourth-order valence-corrected chi connectivity index (χ4v) is 2.97. The molecular formula is C27H39FN2O6. The van der Waals surface area contributed by atoms with Gasteiger partial charge in [0.05, 0.1) is 20.3 Å². The fourth-order valence-electron chi connectivity index (χ4n) is 2.97. The number of nitrogens with one attached hydrogen (secondary N) is 1. The van der Waals surface area contributed by atoms with Gasteiger partial charge in [0, 0.05) is 6.54 Å². The van der Waals surface area contributed by atoms with Crippen LogP contribution in [0.4, 0.5) is 4.39 Å². The number of methoxy groups -OCH3 is 1. The molecule has 1 aliphatic heterocycles. The lowest BCUT2D eigenvalue weighted by atomic mass is 10.2. The Morgan fingerprint density at radius 3 is 2.31 bits per heavy atom. The summed E-state index contributed by atoms with van der Waals surface area (Å²) in [4.78, 5) is 34.3. The van der Waals surface area contributed by atoms with Crippen LogP contribution in [0.15, 0.2) is 54.6 Å². The standard InChI is InChI=1S/C10H14O.C9H14N2O4.C6H5FO.C2H6/c1-2-3-9-11-10-7-5-4-6-8-10;1-15-9(14)7-3-2-4-11(7)8(13)5-10-6-12;7-5-1-3-6(8)4-2-5;1-2/h4-8H,2-3,9H2,1H3;6-7H,2-5H2,1H3,(H,10,12);1-4,8H;1-2H3. The van der Waals surface area contributed by atoms with Crippen molar-refractivity contribution in [3.63, 3.8) is 0 Å². The average Bonchev–Trinajstić information content (AvgIpc) is 3.41. The van der Waals surface area contributed by atoms with Crippen molar-refractivity contribution in [1.82, 2.24) is 10.2 Å². The highest BCUT2D eigenvalue weighted by molar-refractivity contribution is 5.86. The molecule has 1 saturated heterocycles. The number of carbonyl (C=O) groups is 3. The highest BCUT2D eigenvalue weighted by Crippen LogP contribution is 2.18. The van der Waals surface area contributed by atoms with Crippen LogP contribution in [-0.2, 0) is 19.1 Å². The van der Waals surface area contributed by atoms with Crippen molar-refractivity contribution in [2.45, 2.75) is 52.5 Å². The zero-order valence-corrected chi connectivity index (χ0v) is 21.6. The Hall–Kier alpha value is -3.62. The third-order valence-electron chi connectivity index (χ3n) is 4.72. The number of benzene rings is 2. The van der Waals surface area contributed by atoms with Crippen LogP contribution in [0.3, 0.4) is 0 Å². The SMILES string of the molecule is CC.CCCCOc1ccccc1.COC(=O)C1CCCN1C(=O)CNC=O.Oc1ccc(F)cc1. The molecule has 2 aromatic rings. The quantitative estimate of drug-likeness (QED) is 0.314. The van der Waals surface area contributed by atoms with Crippen LogP contribution in [0, 0.1) is 5.82 Å². The summed E-state index contributed by atoms with van der Waals surface area (Å²) in [5, 5.41) is 10.9. The molecule has 8 nitrogen and oxygen atoms in total. The monoisotopic (exact) mass is 506 g/mol. The minimum Gasteiger partial charge on any atom is -0.508 e. The van der Waals surface area contributed by atoms with Crippen LogP contribution in [0.1, 0.15) is 46.5 Å². The van der Waals surface area contributed by atoms with Crippen molar-refractivity contribution in [2.24, 2.45) is 0 Å². The number of aromatic hydroxyl groups is 1. The Morgan fingerprint density at radius 2 is 1.78 bits per heavy atom. The molecule has 3 rings (SSSR count). The maximum atomic E-state index is 12.0. The molecule has 2 aromatic carbocycles. The number of hydrogen-bond acceptors (Lipinski definition) is 6. The molecule has 0 aliphatic carbocycles. The Balaban J connectivity index is 0.000000514. The van der Waals surface area contributed by atoms with Crippen LogP contribution in [0.2, 0.25) is 0 Å². The molecule has 0 saturated carbocycles. The number of likely N-dealkylation sites (tertiary alicyclic amines) is 1. The van der Waals surface area contributed by atoms with E-state index in [0.717, 1.165) is 25.2 Å². The maximum Gasteiger partial charge on any atom is 0.328 e. The smallest absolute Gasteiger partial charge is 0.328 e. The van der Waals surface area contributed by atoms with E-state index in [0.29, 0.717) is 19.4 Å². The zero-order valence-electron chi connectivity index (χ0n) is 21.6. The molecule has 36 heavy (non-hydrogen) atoms. The molecular weight excluding hydrogens is 467 g/mol. The van der Waals surface area contributed by atoms with Crippen LogP contribution >= 0.6 is 0 Å². The minimum atomic E-state index is -0.490. The van der Waals surface area contributed by atoms with Gasteiger partial charge in [-0.1, -0.05) is 45.4 Å². The van der Waals surface area contributed by atoms with Gasteiger partial charge in [-0.3, -0.25) is 9.59 Å². The first-order valence-electron chi connectivity index (χ1n) is 12.1. The second kappa shape index (κ2) is 20.7. The number of esters is 1. The number of amides is 2. The Kier molecular flexibility index (Phi) is 18.6. The number of para-hydroxylation sites is 1. The van der Waals surface area contributed by atoms with Crippen LogP contribution in [0.25, 0.3) is 0 Å². The first-order valence-corrected chi connectivity index (χ1v) is 12.1. The molecule has 0 bridgehead atoms. The molecule has 1 heterocycles. The van der Waals surface area contributed by atoms with Gasteiger partial charge in [-0.2, -0.15) is 0 Å². The second-order valence-electron chi connectivity index (χ2n) is 7.26. The van der Waals surface area contributed by atoms with E-state index >= 15 is 0 Å². The van der Waals surface area contributed by atoms with Gasteiger partial charge in [0.25, 0.3) is 0 Å². The van der Waals surface area contributed by atoms with Gasteiger partial charge >= 0.3 is 5.97 Å². The van der Waals surface area contributed by atoms with Crippen molar-refractivity contribution in [2.75, 3.05) is 26.8 Å². The van der Waals surface area contributed by atoms with E-state index in [9.17, 15) is 18.8 Å². The molecule has 1 fully saturated rings. The summed E-state index contributed by atoms with van der Waals surface area (Å²) in [6.45, 7) is 7.46. The van der Waals surface area contributed by atoms with Gasteiger partial charge in [-0.25, -0.2) is 9.18 Å². The summed E-state index contributed by atoms with van der Waals surface area (Å²) in [6, 6.07) is 14.5. The number of halogens is 1. The molecule has 0 aromatic heterocycles. The van der Waals surface area contributed by atoms with E-state index < -0.39 is 12.0 Å². The molecule has 9 heteroatoms. The summed E-state index contributed by atoms with van der Waals surface area (Å²) in [5.74, 6) is 0.0807. The van der Waals surface area contributed by atoms with Gasteiger partial charge in [-0.15, -0.1) is 0 Å². The second-order valence-corrected chi connectivity index (χ2v) is 7.26. The van der Waals surface area contributed by atoms with Crippen LogP contribution < -0.4 is 10.1 Å². The number of nitrogens with zero attached hydrogens (tertiary/aromatic N) is 1. The van der Waals surface area contributed by atoms with E-state index in [1.165, 1.54) is 42.7 Å². The summed E-state index contributed by atoms with van der Waals surface area (Å²) in [5.41, 5.74) is 0. The number of phenols is 1. The summed E-state index contributed by atoms with van der Waals surface area (Å²) in [6.07, 6.45) is 4.19. The van der Waals surface area contributed by atoms with Crippen molar-refractivity contribution in [3.8, 4) is 11.5 Å². The lowest BCUT2D eigenvalue weighted by Gasteiger charge is -2.22. The van der Waals surface area contributed by atoms with E-state index in [1.54, 1.807) is 0 Å². The van der Waals surface area contributed by atoms with Crippen molar-refractivity contribution in [1.29, 1.82) is 0 Å². The average molecular weight is 507 g/mol. The number of unbranched alkanes of at least 4 members (excludes halogenated alkanes) is 1. The Bertz CT molecular complexity index is 828. The lowest BCUT2D eigenvalue weighted by Crippen LogP contribution is -2.44. The van der Waals surface area contributed by atoms with Crippen molar-refractivity contribution in [3.05, 3.63) is 60.4 Å². The number of phenolic OH excluding ortho intramolecular Hbond substituents is 1. The highest BCUT2D eigenvalue weighted by Gasteiger charge is 2.34. The first-order chi connectivity index (χ1) is 17.4. The van der Waals surface area contributed by atoms with Gasteiger partial charge in [-0.05, 0) is 55.7 Å². The van der Waals surface area contributed by atoms with Crippen molar-refractivity contribution < 1.29 is 33.4 Å². The molecule has 2 N–H and O–H groups in total. The van der Waals surface area contributed by atoms with Crippen molar-refractivity contribution >= 4 is 18.3 Å². The van der Waals surface area contributed by atoms with Crippen LogP contribution in [-0.4, -0.2) is 61.1 Å². The van der Waals surface area contributed by atoms with Gasteiger partial charge in [0.2, 0.25) is 12.3 Å². The molecule has 1 aliphatic rings. The molecule has 1 atom stereocenters. The normalized spacial score (nSPS) is 13.4. The summed E-state index contributed by atoms with van der Waals surface area (Å²) in [7, 11) is 1.30. The van der Waals surface area contributed by atoms with Gasteiger partial charge in [0.15, 0.2) is 0 Å². The van der Waals surface area contributed by atoms with E-state index in [1.807, 2.05) is 44.2 Å². The number of rotatable bonds is 8.